The zero-order valence-electron chi connectivity index (χ0n) is 14.8. The third kappa shape index (κ3) is 3.80. The van der Waals surface area contributed by atoms with Crippen LogP contribution in [0.3, 0.4) is 0 Å². The van der Waals surface area contributed by atoms with Crippen LogP contribution in [0.2, 0.25) is 0 Å². The van der Waals surface area contributed by atoms with Gasteiger partial charge in [0.05, 0.1) is 31.7 Å². The van der Waals surface area contributed by atoms with Crippen molar-refractivity contribution in [3.8, 4) is 11.5 Å². The molecule has 2 aliphatic heterocycles. The van der Waals surface area contributed by atoms with Crippen molar-refractivity contribution >= 4 is 5.91 Å². The van der Waals surface area contributed by atoms with E-state index < -0.39 is 0 Å². The summed E-state index contributed by atoms with van der Waals surface area (Å²) in [6.45, 7) is 4.94. The number of quaternary nitrogens is 1. The van der Waals surface area contributed by atoms with E-state index in [0.717, 1.165) is 30.2 Å². The van der Waals surface area contributed by atoms with Crippen molar-refractivity contribution in [2.75, 3.05) is 33.0 Å². The maximum absolute atomic E-state index is 13.0. The molecule has 0 radical (unpaired) electrons. The highest BCUT2D eigenvalue weighted by Crippen LogP contribution is 2.32. The number of nitrogens with one attached hydrogen (secondary N) is 1. The summed E-state index contributed by atoms with van der Waals surface area (Å²) in [5.74, 6) is 1.54. The van der Waals surface area contributed by atoms with Crippen molar-refractivity contribution in [2.24, 2.45) is 0 Å². The van der Waals surface area contributed by atoms with Crippen LogP contribution < -0.4 is 14.4 Å². The average Bonchev–Trinajstić information content (AvgIpc) is 3.36. The number of rotatable bonds is 6. The Hall–Kier alpha value is -2.60. The fourth-order valence-corrected chi connectivity index (χ4v) is 3.60. The molecule has 0 saturated carbocycles. The van der Waals surface area contributed by atoms with Crippen molar-refractivity contribution in [3.63, 3.8) is 0 Å². The summed E-state index contributed by atoms with van der Waals surface area (Å²) < 4.78 is 10.8. The van der Waals surface area contributed by atoms with Crippen LogP contribution in [0.25, 0.3) is 0 Å². The summed E-state index contributed by atoms with van der Waals surface area (Å²) in [4.78, 5) is 20.6. The number of hydrogen-bond acceptors (Lipinski definition) is 4. The van der Waals surface area contributed by atoms with E-state index in [1.54, 1.807) is 23.4 Å². The van der Waals surface area contributed by atoms with Crippen molar-refractivity contribution < 1.29 is 19.2 Å². The zero-order chi connectivity index (χ0) is 17.8. The Kier molecular flexibility index (Phi) is 5.02. The number of ether oxygens (including phenoxy) is 2. The SMILES string of the molecule is O=C(c1cccnc1)N(CC[NH+]1CCCC1)Cc1ccc2c(c1)OCO2. The molecule has 1 N–H and O–H groups in total. The van der Waals surface area contributed by atoms with Gasteiger partial charge in [-0.05, 0) is 29.8 Å². The maximum Gasteiger partial charge on any atom is 0.255 e. The van der Waals surface area contributed by atoms with Crippen LogP contribution in [-0.4, -0.2) is 48.8 Å². The van der Waals surface area contributed by atoms with E-state index in [9.17, 15) is 4.79 Å². The first-order chi connectivity index (χ1) is 12.8. The smallest absolute Gasteiger partial charge is 0.255 e. The molecule has 6 heteroatoms. The van der Waals surface area contributed by atoms with Crippen LogP contribution in [-0.2, 0) is 6.54 Å². The molecule has 6 nitrogen and oxygen atoms in total. The van der Waals surface area contributed by atoms with Crippen molar-refractivity contribution in [3.05, 3.63) is 53.9 Å². The van der Waals surface area contributed by atoms with Gasteiger partial charge in [0.25, 0.3) is 5.91 Å². The fraction of sp³-hybridized carbons (Fsp3) is 0.400. The lowest BCUT2D eigenvalue weighted by atomic mass is 10.1. The summed E-state index contributed by atoms with van der Waals surface area (Å²) in [5, 5.41) is 0. The Bertz CT molecular complexity index is 760. The van der Waals surface area contributed by atoms with Crippen molar-refractivity contribution in [1.82, 2.24) is 9.88 Å². The molecular formula is C20H24N3O3+. The molecule has 136 valence electrons. The first-order valence-corrected chi connectivity index (χ1v) is 9.21. The Morgan fingerprint density at radius 3 is 2.81 bits per heavy atom. The van der Waals surface area contributed by atoms with Gasteiger partial charge in [0.1, 0.15) is 0 Å². The lowest BCUT2D eigenvalue weighted by Gasteiger charge is -2.24. The van der Waals surface area contributed by atoms with Gasteiger partial charge in [0.2, 0.25) is 6.79 Å². The zero-order valence-corrected chi connectivity index (χ0v) is 14.8. The van der Waals surface area contributed by atoms with Crippen LogP contribution in [0.4, 0.5) is 0 Å². The second-order valence-electron chi connectivity index (χ2n) is 6.86. The van der Waals surface area contributed by atoms with Gasteiger partial charge in [-0.3, -0.25) is 9.78 Å². The number of nitrogens with zero attached hydrogens (tertiary/aromatic N) is 2. The minimum Gasteiger partial charge on any atom is -0.454 e. The van der Waals surface area contributed by atoms with Crippen LogP contribution >= 0.6 is 0 Å². The second-order valence-corrected chi connectivity index (χ2v) is 6.86. The molecule has 1 fully saturated rings. The number of pyridine rings is 1. The summed E-state index contributed by atoms with van der Waals surface area (Å²) in [6.07, 6.45) is 5.90. The quantitative estimate of drug-likeness (QED) is 0.845. The van der Waals surface area contributed by atoms with E-state index in [1.165, 1.54) is 25.9 Å². The number of fused-ring (bicyclic) bond motifs is 1. The van der Waals surface area contributed by atoms with Gasteiger partial charge in [-0.1, -0.05) is 6.07 Å². The maximum atomic E-state index is 13.0. The molecule has 1 aromatic carbocycles. The number of hydrogen-bond donors (Lipinski definition) is 1. The van der Waals surface area contributed by atoms with Crippen LogP contribution in [0.1, 0.15) is 28.8 Å². The predicted octanol–water partition coefficient (Wildman–Crippen LogP) is 1.13. The fourth-order valence-electron chi connectivity index (χ4n) is 3.60. The summed E-state index contributed by atoms with van der Waals surface area (Å²) in [5.41, 5.74) is 1.67. The third-order valence-electron chi connectivity index (χ3n) is 5.05. The molecule has 26 heavy (non-hydrogen) atoms. The van der Waals surface area contributed by atoms with Crippen molar-refractivity contribution in [2.45, 2.75) is 19.4 Å². The molecule has 2 aliphatic rings. The normalized spacial score (nSPS) is 16.0. The number of aromatic nitrogens is 1. The second kappa shape index (κ2) is 7.74. The number of carbonyl (C=O) groups excluding carboxylic acids is 1. The van der Waals surface area contributed by atoms with Gasteiger partial charge in [-0.25, -0.2) is 0 Å². The Balaban J connectivity index is 1.50. The highest BCUT2D eigenvalue weighted by Gasteiger charge is 2.22. The monoisotopic (exact) mass is 354 g/mol. The molecule has 1 saturated heterocycles. The largest absolute Gasteiger partial charge is 0.454 e. The molecule has 4 rings (SSSR count). The Labute approximate surface area is 153 Å². The summed E-state index contributed by atoms with van der Waals surface area (Å²) in [7, 11) is 0. The van der Waals surface area contributed by atoms with Gasteiger partial charge < -0.3 is 19.3 Å². The van der Waals surface area contributed by atoms with E-state index in [0.29, 0.717) is 12.1 Å². The number of benzene rings is 1. The Morgan fingerprint density at radius 1 is 1.15 bits per heavy atom. The first kappa shape index (κ1) is 16.8. The minimum atomic E-state index is 0.0226. The van der Waals surface area contributed by atoms with Gasteiger partial charge in [0, 0.05) is 31.8 Å². The topological polar surface area (TPSA) is 56.1 Å². The van der Waals surface area contributed by atoms with Gasteiger partial charge in [-0.15, -0.1) is 0 Å². The number of likely N-dealkylation sites (tertiary alicyclic amines) is 1. The highest BCUT2D eigenvalue weighted by atomic mass is 16.7. The molecular weight excluding hydrogens is 330 g/mol. The summed E-state index contributed by atoms with van der Waals surface area (Å²) in [6, 6.07) is 9.51. The van der Waals surface area contributed by atoms with E-state index in [1.807, 2.05) is 29.2 Å². The molecule has 3 heterocycles. The average molecular weight is 354 g/mol. The summed E-state index contributed by atoms with van der Waals surface area (Å²) >= 11 is 0. The van der Waals surface area contributed by atoms with E-state index >= 15 is 0 Å². The molecule has 0 spiro atoms. The number of amides is 1. The number of carbonyl (C=O) groups is 1. The van der Waals surface area contributed by atoms with Gasteiger partial charge in [0.15, 0.2) is 11.5 Å². The standard InChI is InChI=1S/C20H23N3O3/c24-20(17-4-3-7-21-13-17)23(11-10-22-8-1-2-9-22)14-16-5-6-18-19(12-16)26-15-25-18/h3-7,12-13H,1-2,8-11,14-15H2/p+1. The molecule has 0 aliphatic carbocycles. The Morgan fingerprint density at radius 2 is 2.00 bits per heavy atom. The predicted molar refractivity (Wildman–Crippen MR) is 96.3 cm³/mol. The van der Waals surface area contributed by atoms with Crippen LogP contribution in [0, 0.1) is 0 Å². The van der Waals surface area contributed by atoms with Crippen LogP contribution in [0.15, 0.2) is 42.7 Å². The van der Waals surface area contributed by atoms with Gasteiger partial charge in [-0.2, -0.15) is 0 Å². The van der Waals surface area contributed by atoms with E-state index in [2.05, 4.69) is 4.98 Å². The molecule has 0 atom stereocenters. The first-order valence-electron chi connectivity index (χ1n) is 9.21. The minimum absolute atomic E-state index is 0.0226. The highest BCUT2D eigenvalue weighted by molar-refractivity contribution is 5.93. The molecule has 1 amide bonds. The molecule has 2 aromatic rings. The molecule has 0 bridgehead atoms. The molecule has 1 aromatic heterocycles. The van der Waals surface area contributed by atoms with Crippen LogP contribution in [0.5, 0.6) is 11.5 Å². The lowest BCUT2D eigenvalue weighted by molar-refractivity contribution is -0.886. The molecule has 0 unspecified atom stereocenters. The van der Waals surface area contributed by atoms with Crippen molar-refractivity contribution in [1.29, 1.82) is 0 Å². The third-order valence-corrected chi connectivity index (χ3v) is 5.05. The van der Waals surface area contributed by atoms with E-state index in [4.69, 9.17) is 9.47 Å². The van der Waals surface area contributed by atoms with E-state index in [-0.39, 0.29) is 12.7 Å². The van der Waals surface area contributed by atoms with Gasteiger partial charge >= 0.3 is 0 Å². The lowest BCUT2D eigenvalue weighted by Crippen LogP contribution is -3.10.